The Morgan fingerprint density at radius 3 is 2.68 bits per heavy atom. The fourth-order valence-electron chi connectivity index (χ4n) is 3.19. The van der Waals surface area contributed by atoms with Gasteiger partial charge >= 0.3 is 5.97 Å². The van der Waals surface area contributed by atoms with Gasteiger partial charge < -0.3 is 25.2 Å². The zero-order valence-electron chi connectivity index (χ0n) is 15.0. The van der Waals surface area contributed by atoms with Crippen LogP contribution in [-0.4, -0.2) is 52.0 Å². The highest BCUT2D eigenvalue weighted by Gasteiger charge is 2.40. The smallest absolute Gasteiger partial charge is 0.366 e. The Bertz CT molecular complexity index is 443. The van der Waals surface area contributed by atoms with Gasteiger partial charge in [0, 0.05) is 13.7 Å². The second-order valence-corrected chi connectivity index (χ2v) is 6.76. The number of ether oxygens (including phenoxy) is 1. The number of hydrogen-bond acceptors (Lipinski definition) is 5. The number of unbranched alkanes of at least 4 members (excludes halogenated alkanes) is 2. The van der Waals surface area contributed by atoms with E-state index in [4.69, 9.17) is 9.84 Å². The molecule has 6 heteroatoms. The molecule has 0 amide bonds. The molecule has 0 saturated heterocycles. The average molecular weight is 356 g/mol. The van der Waals surface area contributed by atoms with Crippen LogP contribution in [0.4, 0.5) is 0 Å². The fraction of sp³-hybridized carbons (Fsp3) is 0.737. The third kappa shape index (κ3) is 7.69. The van der Waals surface area contributed by atoms with Gasteiger partial charge in [0.25, 0.3) is 5.79 Å². The normalized spacial score (nSPS) is 22.9. The van der Waals surface area contributed by atoms with Gasteiger partial charge in [-0.15, -0.1) is 0 Å². The molecule has 0 spiro atoms. The zero-order chi connectivity index (χ0) is 18.7. The summed E-state index contributed by atoms with van der Waals surface area (Å²) in [5.74, 6) is -3.84. The lowest BCUT2D eigenvalue weighted by molar-refractivity contribution is -0.235. The highest BCUT2D eigenvalue weighted by Crippen LogP contribution is 2.35. The predicted molar refractivity (Wildman–Crippen MR) is 94.9 cm³/mol. The molecule has 1 unspecified atom stereocenters. The third-order valence-corrected chi connectivity index (χ3v) is 4.81. The minimum absolute atomic E-state index is 0.105. The van der Waals surface area contributed by atoms with E-state index in [2.05, 4.69) is 12.2 Å². The van der Waals surface area contributed by atoms with Crippen LogP contribution in [0.3, 0.4) is 0 Å². The van der Waals surface area contributed by atoms with Crippen LogP contribution >= 0.6 is 0 Å². The lowest BCUT2D eigenvalue weighted by atomic mass is 9.92. The third-order valence-electron chi connectivity index (χ3n) is 4.81. The molecule has 1 saturated carbocycles. The molecular formula is C19H32O6. The van der Waals surface area contributed by atoms with E-state index in [1.165, 1.54) is 12.8 Å². The fourth-order valence-corrected chi connectivity index (χ4v) is 3.19. The number of methoxy groups -OCH3 is 1. The molecule has 0 radical (unpaired) electrons. The zero-order valence-corrected chi connectivity index (χ0v) is 15.0. The molecule has 0 aromatic carbocycles. The number of aliphatic hydroxyl groups is 3. The van der Waals surface area contributed by atoms with Crippen molar-refractivity contribution < 1.29 is 30.0 Å². The summed E-state index contributed by atoms with van der Waals surface area (Å²) in [6.45, 7) is 0.807. The lowest BCUT2D eigenvalue weighted by Crippen LogP contribution is -2.49. The Morgan fingerprint density at radius 1 is 1.24 bits per heavy atom. The molecule has 0 aromatic rings. The maximum absolute atomic E-state index is 10.6. The van der Waals surface area contributed by atoms with E-state index in [0.29, 0.717) is 11.8 Å². The van der Waals surface area contributed by atoms with Crippen LogP contribution in [0.25, 0.3) is 0 Å². The SMILES string of the molecule is COCCCC/C=C/[C@H]1CCC[C@@H]1C/C=C\CC(O)C(O)(O)C(=O)O. The highest BCUT2D eigenvalue weighted by atomic mass is 16.6. The number of aliphatic hydroxyl groups excluding tert-OH is 1. The summed E-state index contributed by atoms with van der Waals surface area (Å²) in [5.41, 5.74) is 0. The van der Waals surface area contributed by atoms with Gasteiger partial charge in [0.2, 0.25) is 0 Å². The summed E-state index contributed by atoms with van der Waals surface area (Å²) >= 11 is 0. The molecule has 0 aliphatic heterocycles. The van der Waals surface area contributed by atoms with Crippen molar-refractivity contribution in [1.29, 1.82) is 0 Å². The van der Waals surface area contributed by atoms with Crippen molar-refractivity contribution in [2.24, 2.45) is 11.8 Å². The van der Waals surface area contributed by atoms with E-state index in [1.54, 1.807) is 13.2 Å². The highest BCUT2D eigenvalue weighted by molar-refractivity contribution is 5.75. The molecular weight excluding hydrogens is 324 g/mol. The maximum Gasteiger partial charge on any atom is 0.366 e. The first-order valence-corrected chi connectivity index (χ1v) is 9.06. The Morgan fingerprint density at radius 2 is 2.00 bits per heavy atom. The number of carboxylic acid groups (broad SMARTS) is 1. The summed E-state index contributed by atoms with van der Waals surface area (Å²) in [4.78, 5) is 10.6. The molecule has 0 heterocycles. The van der Waals surface area contributed by atoms with Crippen molar-refractivity contribution in [3.8, 4) is 0 Å². The Kier molecular flexibility index (Phi) is 9.97. The van der Waals surface area contributed by atoms with E-state index in [1.807, 2.05) is 6.08 Å². The van der Waals surface area contributed by atoms with Crippen molar-refractivity contribution in [2.45, 2.75) is 63.3 Å². The van der Waals surface area contributed by atoms with Gasteiger partial charge in [0.1, 0.15) is 6.10 Å². The van der Waals surface area contributed by atoms with Gasteiger partial charge in [0.05, 0.1) is 0 Å². The van der Waals surface area contributed by atoms with E-state index < -0.39 is 17.9 Å². The molecule has 144 valence electrons. The Hall–Kier alpha value is -1.21. The van der Waals surface area contributed by atoms with Gasteiger partial charge in [-0.25, -0.2) is 4.79 Å². The molecule has 3 atom stereocenters. The summed E-state index contributed by atoms with van der Waals surface area (Å²) < 4.78 is 5.03. The number of rotatable bonds is 12. The minimum atomic E-state index is -3.11. The molecule has 25 heavy (non-hydrogen) atoms. The van der Waals surface area contributed by atoms with Crippen molar-refractivity contribution in [1.82, 2.24) is 0 Å². The standard InChI is InChI=1S/C19H32O6/c1-25-14-7-3-2-4-9-15-11-8-12-16(15)10-5-6-13-17(20)19(23,24)18(21)22/h4-6,9,15-17,20,23-24H,2-3,7-8,10-14H2,1H3,(H,21,22)/b6-5-,9-4+/t15-,16-,17?/m0/s1. The topological polar surface area (TPSA) is 107 Å². The van der Waals surface area contributed by atoms with Crippen molar-refractivity contribution >= 4 is 5.97 Å². The minimum Gasteiger partial charge on any atom is -0.477 e. The summed E-state index contributed by atoms with van der Waals surface area (Å²) in [5, 5.41) is 36.7. The van der Waals surface area contributed by atoms with Crippen molar-refractivity contribution in [2.75, 3.05) is 13.7 Å². The molecule has 0 bridgehead atoms. The Balaban J connectivity index is 2.33. The summed E-state index contributed by atoms with van der Waals surface area (Å²) in [6, 6.07) is 0. The number of hydrogen-bond donors (Lipinski definition) is 4. The van der Waals surface area contributed by atoms with E-state index in [0.717, 1.165) is 38.7 Å². The predicted octanol–water partition coefficient (Wildman–Crippen LogP) is 2.24. The van der Waals surface area contributed by atoms with Gasteiger partial charge in [-0.3, -0.25) is 0 Å². The Labute approximate surface area is 149 Å². The summed E-state index contributed by atoms with van der Waals surface area (Å²) in [7, 11) is 1.72. The lowest BCUT2D eigenvalue weighted by Gasteiger charge is -2.21. The molecule has 0 aromatic heterocycles. The number of carboxylic acids is 1. The van der Waals surface area contributed by atoms with Crippen LogP contribution in [-0.2, 0) is 9.53 Å². The molecule has 1 fully saturated rings. The van der Waals surface area contributed by atoms with Crippen LogP contribution < -0.4 is 0 Å². The summed E-state index contributed by atoms with van der Waals surface area (Å²) in [6.07, 6.45) is 13.9. The second kappa shape index (κ2) is 11.4. The van der Waals surface area contributed by atoms with Gasteiger partial charge in [0.15, 0.2) is 0 Å². The molecule has 1 aliphatic carbocycles. The van der Waals surface area contributed by atoms with E-state index in [-0.39, 0.29) is 6.42 Å². The van der Waals surface area contributed by atoms with Crippen LogP contribution in [0.1, 0.15) is 51.4 Å². The maximum atomic E-state index is 10.6. The number of aliphatic carboxylic acids is 1. The molecule has 1 aliphatic rings. The van der Waals surface area contributed by atoms with Gasteiger partial charge in [-0.05, 0) is 56.8 Å². The van der Waals surface area contributed by atoms with Crippen molar-refractivity contribution in [3.05, 3.63) is 24.3 Å². The largest absolute Gasteiger partial charge is 0.477 e. The van der Waals surface area contributed by atoms with Crippen LogP contribution in [0.15, 0.2) is 24.3 Å². The van der Waals surface area contributed by atoms with Crippen LogP contribution in [0, 0.1) is 11.8 Å². The first kappa shape index (κ1) is 21.8. The average Bonchev–Trinajstić information content (AvgIpc) is 3.01. The molecule has 6 nitrogen and oxygen atoms in total. The van der Waals surface area contributed by atoms with E-state index >= 15 is 0 Å². The first-order chi connectivity index (χ1) is 11.9. The van der Waals surface area contributed by atoms with Crippen LogP contribution in [0.5, 0.6) is 0 Å². The van der Waals surface area contributed by atoms with Gasteiger partial charge in [-0.2, -0.15) is 0 Å². The first-order valence-electron chi connectivity index (χ1n) is 9.06. The number of allylic oxidation sites excluding steroid dienone is 3. The number of carbonyl (C=O) groups is 1. The monoisotopic (exact) mass is 356 g/mol. The van der Waals surface area contributed by atoms with Crippen molar-refractivity contribution in [3.63, 3.8) is 0 Å². The molecule has 4 N–H and O–H groups in total. The molecule has 1 rings (SSSR count). The van der Waals surface area contributed by atoms with Crippen LogP contribution in [0.2, 0.25) is 0 Å². The van der Waals surface area contributed by atoms with Gasteiger partial charge in [-0.1, -0.05) is 30.7 Å². The second-order valence-electron chi connectivity index (χ2n) is 6.76. The quantitative estimate of drug-likeness (QED) is 0.243. The van der Waals surface area contributed by atoms with E-state index in [9.17, 15) is 20.1 Å².